The van der Waals surface area contributed by atoms with Crippen LogP contribution in [0.4, 0.5) is 17.1 Å². The number of fused-ring (bicyclic) bond motifs is 11. The fraction of sp³-hybridized carbons (Fsp3) is 0.0175. The lowest BCUT2D eigenvalue weighted by atomic mass is 9.67. The SMILES string of the molecule is c1ccc(-c2cc3c(cc2N(c2ccccc2)c2ccc4c(c2)C(c2ccccc2)(c2ccccc2)c2ccccc2-4)oc2c4ccccc4c4ccccc4c32)cc1. The van der Waals surface area contributed by atoms with Gasteiger partial charge in [0, 0.05) is 39.2 Å². The lowest BCUT2D eigenvalue weighted by molar-refractivity contribution is 0.673. The molecule has 276 valence electrons. The molecule has 0 saturated carbocycles. The highest BCUT2D eigenvalue weighted by molar-refractivity contribution is 6.30. The summed E-state index contributed by atoms with van der Waals surface area (Å²) in [6, 6.07) is 81.7. The molecule has 1 heterocycles. The molecule has 0 radical (unpaired) electrons. The van der Waals surface area contributed by atoms with Crippen LogP contribution in [0.25, 0.3) is 65.7 Å². The minimum atomic E-state index is -0.528. The molecule has 2 heteroatoms. The molecule has 0 aliphatic heterocycles. The number of benzene rings is 10. The molecular formula is C57H37NO. The number of hydrogen-bond acceptors (Lipinski definition) is 2. The summed E-state index contributed by atoms with van der Waals surface area (Å²) in [4.78, 5) is 2.43. The molecule has 1 aliphatic carbocycles. The Balaban J connectivity index is 1.18. The van der Waals surface area contributed by atoms with Crippen LogP contribution in [0.15, 0.2) is 229 Å². The maximum atomic E-state index is 7.07. The van der Waals surface area contributed by atoms with Gasteiger partial charge in [-0.1, -0.05) is 188 Å². The van der Waals surface area contributed by atoms with Gasteiger partial charge in [-0.15, -0.1) is 0 Å². The van der Waals surface area contributed by atoms with Crippen LogP contribution in [0.5, 0.6) is 0 Å². The van der Waals surface area contributed by atoms with E-state index in [2.05, 4.69) is 229 Å². The molecule has 0 N–H and O–H groups in total. The van der Waals surface area contributed by atoms with Crippen molar-refractivity contribution in [2.75, 3.05) is 4.90 Å². The van der Waals surface area contributed by atoms with E-state index < -0.39 is 5.41 Å². The van der Waals surface area contributed by atoms with Crippen LogP contribution in [-0.4, -0.2) is 0 Å². The molecule has 1 aromatic heterocycles. The van der Waals surface area contributed by atoms with Crippen LogP contribution in [0.2, 0.25) is 0 Å². The Morgan fingerprint density at radius 2 is 0.898 bits per heavy atom. The summed E-state index contributed by atoms with van der Waals surface area (Å²) in [5, 5.41) is 7.00. The Bertz CT molecular complexity index is 3330. The van der Waals surface area contributed by atoms with Gasteiger partial charge in [0.2, 0.25) is 0 Å². The summed E-state index contributed by atoms with van der Waals surface area (Å²) in [6.45, 7) is 0. The highest BCUT2D eigenvalue weighted by Gasteiger charge is 2.46. The minimum absolute atomic E-state index is 0.528. The van der Waals surface area contributed by atoms with Gasteiger partial charge in [0.05, 0.1) is 11.1 Å². The van der Waals surface area contributed by atoms with Crippen LogP contribution >= 0.6 is 0 Å². The van der Waals surface area contributed by atoms with E-state index in [0.717, 1.165) is 55.5 Å². The van der Waals surface area contributed by atoms with Gasteiger partial charge in [-0.2, -0.15) is 0 Å². The van der Waals surface area contributed by atoms with E-state index in [-0.39, 0.29) is 0 Å². The van der Waals surface area contributed by atoms with Crippen molar-refractivity contribution in [1.82, 2.24) is 0 Å². The third-order valence-electron chi connectivity index (χ3n) is 12.5. The van der Waals surface area contributed by atoms with Crippen molar-refractivity contribution in [3.63, 3.8) is 0 Å². The van der Waals surface area contributed by atoms with Crippen molar-refractivity contribution < 1.29 is 4.42 Å². The van der Waals surface area contributed by atoms with Gasteiger partial charge in [-0.25, -0.2) is 0 Å². The summed E-state index contributed by atoms with van der Waals surface area (Å²) in [6.07, 6.45) is 0. The summed E-state index contributed by atoms with van der Waals surface area (Å²) >= 11 is 0. The Kier molecular flexibility index (Phi) is 7.48. The van der Waals surface area contributed by atoms with Crippen molar-refractivity contribution in [3.8, 4) is 22.3 Å². The molecule has 12 rings (SSSR count). The normalized spacial score (nSPS) is 12.9. The first kappa shape index (κ1) is 33.5. The van der Waals surface area contributed by atoms with Crippen LogP contribution in [0, 0.1) is 0 Å². The zero-order valence-corrected chi connectivity index (χ0v) is 32.2. The van der Waals surface area contributed by atoms with Gasteiger partial charge >= 0.3 is 0 Å². The lowest BCUT2D eigenvalue weighted by Gasteiger charge is -2.35. The van der Waals surface area contributed by atoms with E-state index in [4.69, 9.17) is 4.42 Å². The predicted molar refractivity (Wildman–Crippen MR) is 246 cm³/mol. The number of nitrogens with zero attached hydrogens (tertiary/aromatic N) is 1. The maximum absolute atomic E-state index is 7.07. The summed E-state index contributed by atoms with van der Waals surface area (Å²) in [5.41, 5.74) is 14.3. The zero-order valence-electron chi connectivity index (χ0n) is 32.2. The van der Waals surface area contributed by atoms with Crippen molar-refractivity contribution in [3.05, 3.63) is 247 Å². The van der Waals surface area contributed by atoms with Gasteiger partial charge < -0.3 is 9.32 Å². The van der Waals surface area contributed by atoms with Crippen LogP contribution in [0.3, 0.4) is 0 Å². The zero-order chi connectivity index (χ0) is 38.9. The number of anilines is 3. The van der Waals surface area contributed by atoms with Crippen LogP contribution in [-0.2, 0) is 5.41 Å². The summed E-state index contributed by atoms with van der Waals surface area (Å²) in [5.74, 6) is 0. The first-order valence-corrected chi connectivity index (χ1v) is 20.3. The molecule has 0 saturated heterocycles. The van der Waals surface area contributed by atoms with E-state index in [1.54, 1.807) is 0 Å². The molecule has 2 nitrogen and oxygen atoms in total. The van der Waals surface area contributed by atoms with Crippen LogP contribution < -0.4 is 4.90 Å². The second-order valence-electron chi connectivity index (χ2n) is 15.6. The van der Waals surface area contributed by atoms with E-state index in [1.807, 2.05) is 0 Å². The van der Waals surface area contributed by atoms with E-state index in [0.29, 0.717) is 0 Å². The Labute approximate surface area is 342 Å². The van der Waals surface area contributed by atoms with Gasteiger partial charge in [-0.05, 0) is 85.4 Å². The number of hydrogen-bond donors (Lipinski definition) is 0. The molecular weight excluding hydrogens is 715 g/mol. The second-order valence-corrected chi connectivity index (χ2v) is 15.6. The quantitative estimate of drug-likeness (QED) is 0.157. The molecule has 59 heavy (non-hydrogen) atoms. The standard InChI is InChI=1S/C57H37NO/c1-5-19-38(20-6-1)49-36-50-54(59-56-48-31-16-14-28-44(48)43-27-13-15-30-47(43)55(50)56)37-53(49)58(41-25-11-4-12-26-41)42-33-34-46-45-29-17-18-32-51(45)57(52(46)35-42,39-21-7-2-8-22-39)40-23-9-3-10-24-40/h1-37H. The topological polar surface area (TPSA) is 16.4 Å². The fourth-order valence-electron chi connectivity index (χ4n) is 10.1. The summed E-state index contributed by atoms with van der Waals surface area (Å²) < 4.78 is 7.07. The Morgan fingerprint density at radius 1 is 0.356 bits per heavy atom. The van der Waals surface area contributed by atoms with Gasteiger partial charge in [0.25, 0.3) is 0 Å². The first-order chi connectivity index (χ1) is 29.3. The third kappa shape index (κ3) is 4.93. The van der Waals surface area contributed by atoms with Crippen molar-refractivity contribution in [1.29, 1.82) is 0 Å². The molecule has 0 unspecified atom stereocenters. The molecule has 0 fully saturated rings. The van der Waals surface area contributed by atoms with E-state index in [1.165, 1.54) is 49.5 Å². The highest BCUT2D eigenvalue weighted by atomic mass is 16.3. The highest BCUT2D eigenvalue weighted by Crippen LogP contribution is 2.57. The molecule has 1 aliphatic rings. The monoisotopic (exact) mass is 751 g/mol. The minimum Gasteiger partial charge on any atom is -0.455 e. The van der Waals surface area contributed by atoms with Gasteiger partial charge in [0.15, 0.2) is 0 Å². The second kappa shape index (κ2) is 13.2. The molecule has 0 atom stereocenters. The maximum Gasteiger partial charge on any atom is 0.143 e. The number of para-hydroxylation sites is 1. The predicted octanol–water partition coefficient (Wildman–Crippen LogP) is 15.4. The van der Waals surface area contributed by atoms with Crippen molar-refractivity contribution in [2.24, 2.45) is 0 Å². The number of furan rings is 1. The smallest absolute Gasteiger partial charge is 0.143 e. The average molecular weight is 752 g/mol. The first-order valence-electron chi connectivity index (χ1n) is 20.3. The molecule has 11 aromatic rings. The molecule has 10 aromatic carbocycles. The molecule has 0 bridgehead atoms. The van der Waals surface area contributed by atoms with Crippen LogP contribution in [0.1, 0.15) is 22.3 Å². The molecule has 0 amide bonds. The van der Waals surface area contributed by atoms with E-state index in [9.17, 15) is 0 Å². The third-order valence-corrected chi connectivity index (χ3v) is 12.5. The Hall–Kier alpha value is -7.68. The van der Waals surface area contributed by atoms with Gasteiger partial charge in [-0.3, -0.25) is 0 Å². The largest absolute Gasteiger partial charge is 0.455 e. The molecule has 0 spiro atoms. The van der Waals surface area contributed by atoms with E-state index >= 15 is 0 Å². The average Bonchev–Trinajstić information content (AvgIpc) is 3.84. The number of rotatable bonds is 6. The lowest BCUT2D eigenvalue weighted by Crippen LogP contribution is -2.28. The van der Waals surface area contributed by atoms with Crippen molar-refractivity contribution >= 4 is 60.5 Å². The Morgan fingerprint density at radius 3 is 1.59 bits per heavy atom. The van der Waals surface area contributed by atoms with Gasteiger partial charge in [0.1, 0.15) is 11.2 Å². The summed E-state index contributed by atoms with van der Waals surface area (Å²) in [7, 11) is 0. The van der Waals surface area contributed by atoms with Crippen molar-refractivity contribution in [2.45, 2.75) is 5.41 Å². The fourth-order valence-corrected chi connectivity index (χ4v) is 10.1.